The molecule has 3 heteroatoms. The fourth-order valence-corrected chi connectivity index (χ4v) is 3.50. The van der Waals surface area contributed by atoms with Gasteiger partial charge >= 0.3 is 0 Å². The molecule has 0 radical (unpaired) electrons. The van der Waals surface area contributed by atoms with Gasteiger partial charge in [0, 0.05) is 18.8 Å². The highest BCUT2D eigenvalue weighted by Crippen LogP contribution is 2.47. The number of allylic oxidation sites excluding steroid dienone is 1. The predicted octanol–water partition coefficient (Wildman–Crippen LogP) is 2.13. The van der Waals surface area contributed by atoms with Gasteiger partial charge in [-0.05, 0) is 30.3 Å². The van der Waals surface area contributed by atoms with Gasteiger partial charge in [0.15, 0.2) is 11.6 Å². The summed E-state index contributed by atoms with van der Waals surface area (Å²) in [5.41, 5.74) is -0.601. The minimum Gasteiger partial charge on any atom is -0.381 e. The Kier molecular flexibility index (Phi) is 3.22. The van der Waals surface area contributed by atoms with E-state index in [2.05, 4.69) is 0 Å². The summed E-state index contributed by atoms with van der Waals surface area (Å²) in [6, 6.07) is 0. The van der Waals surface area contributed by atoms with Crippen LogP contribution in [0.15, 0.2) is 11.6 Å². The second-order valence-corrected chi connectivity index (χ2v) is 6.25. The van der Waals surface area contributed by atoms with E-state index in [9.17, 15) is 14.7 Å². The molecule has 0 spiro atoms. The van der Waals surface area contributed by atoms with Crippen LogP contribution >= 0.6 is 0 Å². The topological polar surface area (TPSA) is 54.4 Å². The highest BCUT2D eigenvalue weighted by molar-refractivity contribution is 5.97. The first-order valence-corrected chi connectivity index (χ1v) is 6.75. The SMILES string of the molecule is CC1=CC2C(CC1=O)C(C)CC(=O)C2(O)C(C)C. The third-order valence-electron chi connectivity index (χ3n) is 4.83. The lowest BCUT2D eigenvalue weighted by molar-refractivity contribution is -0.162. The second-order valence-electron chi connectivity index (χ2n) is 6.25. The predicted molar refractivity (Wildman–Crippen MR) is 68.9 cm³/mol. The van der Waals surface area contributed by atoms with Gasteiger partial charge in [0.05, 0.1) is 0 Å². The van der Waals surface area contributed by atoms with Crippen LogP contribution in [0, 0.1) is 23.7 Å². The average molecular weight is 250 g/mol. The molecule has 1 N–H and O–H groups in total. The summed E-state index contributed by atoms with van der Waals surface area (Å²) in [4.78, 5) is 24.1. The van der Waals surface area contributed by atoms with Gasteiger partial charge in [0.2, 0.25) is 0 Å². The molecule has 0 aliphatic heterocycles. The average Bonchev–Trinajstić information content (AvgIpc) is 2.28. The molecule has 2 aliphatic rings. The van der Waals surface area contributed by atoms with Crippen LogP contribution < -0.4 is 0 Å². The van der Waals surface area contributed by atoms with E-state index in [0.29, 0.717) is 18.4 Å². The molecule has 4 unspecified atom stereocenters. The van der Waals surface area contributed by atoms with E-state index in [-0.39, 0.29) is 35.2 Å². The molecule has 3 nitrogen and oxygen atoms in total. The van der Waals surface area contributed by atoms with Gasteiger partial charge in [-0.15, -0.1) is 0 Å². The Hall–Kier alpha value is -0.960. The normalized spacial score (nSPS) is 40.8. The van der Waals surface area contributed by atoms with Gasteiger partial charge in [-0.1, -0.05) is 26.8 Å². The number of aliphatic hydroxyl groups is 1. The summed E-state index contributed by atoms with van der Waals surface area (Å²) in [5, 5.41) is 10.8. The number of carbonyl (C=O) groups is 2. The number of ketones is 2. The molecule has 2 aliphatic carbocycles. The van der Waals surface area contributed by atoms with Crippen molar-refractivity contribution in [2.24, 2.45) is 23.7 Å². The van der Waals surface area contributed by atoms with Gasteiger partial charge in [-0.3, -0.25) is 9.59 Å². The maximum atomic E-state index is 12.2. The Morgan fingerprint density at radius 2 is 1.94 bits per heavy atom. The van der Waals surface area contributed by atoms with Gasteiger partial charge in [-0.2, -0.15) is 0 Å². The smallest absolute Gasteiger partial charge is 0.165 e. The van der Waals surface area contributed by atoms with Gasteiger partial charge in [-0.25, -0.2) is 0 Å². The minimum atomic E-state index is -1.29. The first-order valence-electron chi connectivity index (χ1n) is 6.75. The molecule has 0 aromatic rings. The first kappa shape index (κ1) is 13.5. The highest BCUT2D eigenvalue weighted by atomic mass is 16.3. The van der Waals surface area contributed by atoms with Crippen molar-refractivity contribution in [1.29, 1.82) is 0 Å². The van der Waals surface area contributed by atoms with Crippen LogP contribution in [-0.2, 0) is 9.59 Å². The van der Waals surface area contributed by atoms with Gasteiger partial charge < -0.3 is 5.11 Å². The van der Waals surface area contributed by atoms with Crippen LogP contribution in [-0.4, -0.2) is 22.3 Å². The highest BCUT2D eigenvalue weighted by Gasteiger charge is 2.54. The minimum absolute atomic E-state index is 0.0651. The van der Waals surface area contributed by atoms with Crippen molar-refractivity contribution in [3.8, 4) is 0 Å². The molecular weight excluding hydrogens is 228 g/mol. The summed E-state index contributed by atoms with van der Waals surface area (Å²) in [7, 11) is 0. The molecule has 4 atom stereocenters. The van der Waals surface area contributed by atoms with Crippen molar-refractivity contribution in [3.63, 3.8) is 0 Å². The van der Waals surface area contributed by atoms with Gasteiger partial charge in [0.1, 0.15) is 5.60 Å². The second kappa shape index (κ2) is 4.30. The molecular formula is C15H22O3. The number of rotatable bonds is 1. The first-order chi connectivity index (χ1) is 8.28. The number of fused-ring (bicyclic) bond motifs is 1. The summed E-state index contributed by atoms with van der Waals surface area (Å²) in [6.07, 6.45) is 2.69. The number of carbonyl (C=O) groups excluding carboxylic acids is 2. The van der Waals surface area contributed by atoms with E-state index in [1.807, 2.05) is 26.8 Å². The van der Waals surface area contributed by atoms with E-state index in [1.165, 1.54) is 0 Å². The lowest BCUT2D eigenvalue weighted by atomic mass is 9.57. The Morgan fingerprint density at radius 3 is 2.50 bits per heavy atom. The molecule has 0 aromatic heterocycles. The number of hydrogen-bond donors (Lipinski definition) is 1. The quantitative estimate of drug-likeness (QED) is 0.775. The molecule has 0 amide bonds. The summed E-state index contributed by atoms with van der Waals surface area (Å²) < 4.78 is 0. The fourth-order valence-electron chi connectivity index (χ4n) is 3.50. The van der Waals surface area contributed by atoms with E-state index in [1.54, 1.807) is 6.92 Å². The maximum absolute atomic E-state index is 12.2. The zero-order valence-electron chi connectivity index (χ0n) is 11.6. The molecule has 0 saturated heterocycles. The van der Waals surface area contributed by atoms with E-state index in [0.717, 1.165) is 0 Å². The molecule has 1 fully saturated rings. The van der Waals surface area contributed by atoms with Crippen LogP contribution in [0.3, 0.4) is 0 Å². The fraction of sp³-hybridized carbons (Fsp3) is 0.733. The van der Waals surface area contributed by atoms with E-state index in [4.69, 9.17) is 0 Å². The van der Waals surface area contributed by atoms with Crippen molar-refractivity contribution in [3.05, 3.63) is 11.6 Å². The van der Waals surface area contributed by atoms with Crippen LogP contribution in [0.4, 0.5) is 0 Å². The molecule has 0 heterocycles. The third kappa shape index (κ3) is 1.76. The largest absolute Gasteiger partial charge is 0.381 e. The molecule has 100 valence electrons. The molecule has 18 heavy (non-hydrogen) atoms. The number of hydrogen-bond acceptors (Lipinski definition) is 3. The van der Waals surface area contributed by atoms with Gasteiger partial charge in [0.25, 0.3) is 0 Å². The van der Waals surface area contributed by atoms with Crippen LogP contribution in [0.25, 0.3) is 0 Å². The van der Waals surface area contributed by atoms with Crippen LogP contribution in [0.5, 0.6) is 0 Å². The molecule has 2 rings (SSSR count). The van der Waals surface area contributed by atoms with Crippen LogP contribution in [0.2, 0.25) is 0 Å². The Bertz CT molecular complexity index is 421. The Morgan fingerprint density at radius 1 is 1.33 bits per heavy atom. The summed E-state index contributed by atoms with van der Waals surface area (Å²) >= 11 is 0. The molecule has 1 saturated carbocycles. The maximum Gasteiger partial charge on any atom is 0.165 e. The summed E-state index contributed by atoms with van der Waals surface area (Å²) in [5.74, 6) is 0.0445. The lowest BCUT2D eigenvalue weighted by Crippen LogP contribution is -2.58. The lowest BCUT2D eigenvalue weighted by Gasteiger charge is -2.49. The van der Waals surface area contributed by atoms with Crippen molar-refractivity contribution in [2.45, 2.75) is 46.1 Å². The zero-order chi connectivity index (χ0) is 13.7. The van der Waals surface area contributed by atoms with Crippen molar-refractivity contribution in [2.75, 3.05) is 0 Å². The standard InChI is InChI=1S/C15H22O3/c1-8(2)15(18)12-5-10(4)13(16)7-11(12)9(3)6-14(15)17/h5,8-9,11-12,18H,6-7H2,1-4H3. The zero-order valence-corrected chi connectivity index (χ0v) is 11.6. The van der Waals surface area contributed by atoms with E-state index >= 15 is 0 Å². The Balaban J connectivity index is 2.49. The Labute approximate surface area is 108 Å². The molecule has 0 aromatic carbocycles. The summed E-state index contributed by atoms with van der Waals surface area (Å²) in [6.45, 7) is 7.55. The molecule has 0 bridgehead atoms. The third-order valence-corrected chi connectivity index (χ3v) is 4.83. The monoisotopic (exact) mass is 250 g/mol. The van der Waals surface area contributed by atoms with Crippen LogP contribution in [0.1, 0.15) is 40.5 Å². The van der Waals surface area contributed by atoms with Crippen molar-refractivity contribution < 1.29 is 14.7 Å². The van der Waals surface area contributed by atoms with Crippen molar-refractivity contribution in [1.82, 2.24) is 0 Å². The number of Topliss-reactive ketones (excluding diaryl/α,β-unsaturated/α-hetero) is 2. The van der Waals surface area contributed by atoms with E-state index < -0.39 is 5.60 Å². The van der Waals surface area contributed by atoms with Crippen molar-refractivity contribution >= 4 is 11.6 Å².